The molecule has 0 saturated carbocycles. The van der Waals surface area contributed by atoms with Gasteiger partial charge in [0.2, 0.25) is 21.8 Å². The SMILES string of the molecule is CC(=O)N1c2ccc(S(=O)(=O)N3CCC[C@@H](C(=O)Nc4cccc(C)n4)C3)cc2C[C@H]1C. The van der Waals surface area contributed by atoms with E-state index in [4.69, 9.17) is 0 Å². The normalized spacial score (nSPS) is 21.3. The fraction of sp³-hybridized carbons (Fsp3) is 0.435. The Morgan fingerprint density at radius 1 is 1.19 bits per heavy atom. The highest BCUT2D eigenvalue weighted by Crippen LogP contribution is 2.35. The van der Waals surface area contributed by atoms with Gasteiger partial charge in [-0.25, -0.2) is 13.4 Å². The Kier molecular flexibility index (Phi) is 6.05. The molecule has 0 spiro atoms. The Labute approximate surface area is 188 Å². The van der Waals surface area contributed by atoms with Crippen LogP contribution in [0.4, 0.5) is 11.5 Å². The average Bonchev–Trinajstić information content (AvgIpc) is 3.09. The molecule has 8 nitrogen and oxygen atoms in total. The number of anilines is 2. The summed E-state index contributed by atoms with van der Waals surface area (Å²) in [7, 11) is -3.75. The third kappa shape index (κ3) is 4.27. The van der Waals surface area contributed by atoms with Crippen LogP contribution in [0, 0.1) is 12.8 Å². The number of pyridine rings is 1. The van der Waals surface area contributed by atoms with Crippen molar-refractivity contribution in [2.75, 3.05) is 23.3 Å². The molecular formula is C23H28N4O4S. The number of carbonyl (C=O) groups excluding carboxylic acids is 2. The molecular weight excluding hydrogens is 428 g/mol. The number of benzene rings is 1. The van der Waals surface area contributed by atoms with E-state index in [1.165, 1.54) is 11.2 Å². The summed E-state index contributed by atoms with van der Waals surface area (Å²) >= 11 is 0. The minimum Gasteiger partial charge on any atom is -0.310 e. The summed E-state index contributed by atoms with van der Waals surface area (Å²) in [4.78, 5) is 30.9. The molecule has 2 aliphatic rings. The Balaban J connectivity index is 1.51. The fourth-order valence-corrected chi connectivity index (χ4v) is 6.19. The molecule has 1 aromatic carbocycles. The van der Waals surface area contributed by atoms with Gasteiger partial charge in [0, 0.05) is 37.4 Å². The van der Waals surface area contributed by atoms with Crippen LogP contribution in [0.25, 0.3) is 0 Å². The van der Waals surface area contributed by atoms with Gasteiger partial charge in [-0.3, -0.25) is 9.59 Å². The van der Waals surface area contributed by atoms with E-state index >= 15 is 0 Å². The molecule has 0 unspecified atom stereocenters. The van der Waals surface area contributed by atoms with E-state index in [1.807, 2.05) is 26.0 Å². The van der Waals surface area contributed by atoms with Gasteiger partial charge in [0.15, 0.2) is 0 Å². The van der Waals surface area contributed by atoms with Crippen molar-refractivity contribution >= 4 is 33.3 Å². The highest BCUT2D eigenvalue weighted by Gasteiger charge is 2.35. The van der Waals surface area contributed by atoms with Crippen LogP contribution in [-0.2, 0) is 26.0 Å². The van der Waals surface area contributed by atoms with E-state index in [0.29, 0.717) is 31.6 Å². The second-order valence-corrected chi connectivity index (χ2v) is 10.5. The van der Waals surface area contributed by atoms with Crippen molar-refractivity contribution in [2.45, 2.75) is 51.0 Å². The van der Waals surface area contributed by atoms with E-state index < -0.39 is 15.9 Å². The lowest BCUT2D eigenvalue weighted by Gasteiger charge is -2.31. The van der Waals surface area contributed by atoms with Gasteiger partial charge in [-0.15, -0.1) is 0 Å². The number of aryl methyl sites for hydroxylation is 1. The number of rotatable bonds is 4. The third-order valence-electron chi connectivity index (χ3n) is 6.14. The fourth-order valence-electron chi connectivity index (χ4n) is 4.61. The first-order valence-electron chi connectivity index (χ1n) is 10.8. The summed E-state index contributed by atoms with van der Waals surface area (Å²) in [6, 6.07) is 10.3. The summed E-state index contributed by atoms with van der Waals surface area (Å²) < 4.78 is 28.1. The highest BCUT2D eigenvalue weighted by atomic mass is 32.2. The number of hydrogen-bond donors (Lipinski definition) is 1. The minimum absolute atomic E-state index is 0.00116. The van der Waals surface area contributed by atoms with Crippen molar-refractivity contribution in [1.82, 2.24) is 9.29 Å². The largest absolute Gasteiger partial charge is 0.310 e. The minimum atomic E-state index is -3.75. The number of fused-ring (bicyclic) bond motifs is 1. The quantitative estimate of drug-likeness (QED) is 0.763. The number of carbonyl (C=O) groups is 2. The number of hydrogen-bond acceptors (Lipinski definition) is 5. The molecule has 0 bridgehead atoms. The molecule has 3 heterocycles. The van der Waals surface area contributed by atoms with Crippen LogP contribution in [0.2, 0.25) is 0 Å². The molecule has 1 saturated heterocycles. The maximum absolute atomic E-state index is 13.4. The van der Waals surface area contributed by atoms with Crippen molar-refractivity contribution < 1.29 is 18.0 Å². The van der Waals surface area contributed by atoms with Crippen LogP contribution < -0.4 is 10.2 Å². The van der Waals surface area contributed by atoms with Crippen molar-refractivity contribution in [2.24, 2.45) is 5.92 Å². The first kappa shape index (κ1) is 22.4. The number of aromatic nitrogens is 1. The first-order chi connectivity index (χ1) is 15.2. The van der Waals surface area contributed by atoms with Crippen LogP contribution in [0.15, 0.2) is 41.3 Å². The summed E-state index contributed by atoms with van der Waals surface area (Å²) in [5, 5.41) is 2.81. The van der Waals surface area contributed by atoms with Crippen LogP contribution in [0.1, 0.15) is 37.9 Å². The maximum atomic E-state index is 13.4. The van der Waals surface area contributed by atoms with Crippen LogP contribution in [-0.4, -0.2) is 48.7 Å². The van der Waals surface area contributed by atoms with Crippen molar-refractivity contribution in [3.8, 4) is 0 Å². The van der Waals surface area contributed by atoms with Crippen molar-refractivity contribution in [3.05, 3.63) is 47.7 Å². The molecule has 170 valence electrons. The summed E-state index contributed by atoms with van der Waals surface area (Å²) in [5.74, 6) is -0.246. The van der Waals surface area contributed by atoms with E-state index in [-0.39, 0.29) is 29.3 Å². The molecule has 4 rings (SSSR count). The smallest absolute Gasteiger partial charge is 0.243 e. The zero-order valence-electron chi connectivity index (χ0n) is 18.5. The van der Waals surface area contributed by atoms with Crippen molar-refractivity contribution in [3.63, 3.8) is 0 Å². The van der Waals surface area contributed by atoms with Crippen LogP contribution in [0.5, 0.6) is 0 Å². The molecule has 2 aromatic rings. The average molecular weight is 457 g/mol. The Morgan fingerprint density at radius 3 is 2.69 bits per heavy atom. The Bertz CT molecular complexity index is 1160. The molecule has 2 amide bonds. The van der Waals surface area contributed by atoms with Crippen LogP contribution >= 0.6 is 0 Å². The van der Waals surface area contributed by atoms with Gasteiger partial charge in [0.25, 0.3) is 0 Å². The molecule has 1 fully saturated rings. The van der Waals surface area contributed by atoms with Crippen molar-refractivity contribution in [1.29, 1.82) is 0 Å². The molecule has 1 aromatic heterocycles. The lowest BCUT2D eigenvalue weighted by molar-refractivity contribution is -0.121. The molecule has 2 atom stereocenters. The lowest BCUT2D eigenvalue weighted by Crippen LogP contribution is -2.43. The van der Waals surface area contributed by atoms with E-state index in [1.54, 1.807) is 29.2 Å². The lowest BCUT2D eigenvalue weighted by atomic mass is 9.99. The number of amides is 2. The van der Waals surface area contributed by atoms with Crippen LogP contribution in [0.3, 0.4) is 0 Å². The van der Waals surface area contributed by atoms with Gasteiger partial charge in [-0.1, -0.05) is 6.07 Å². The highest BCUT2D eigenvalue weighted by molar-refractivity contribution is 7.89. The second kappa shape index (κ2) is 8.63. The van der Waals surface area contributed by atoms with Gasteiger partial charge < -0.3 is 10.2 Å². The van der Waals surface area contributed by atoms with E-state index in [9.17, 15) is 18.0 Å². The molecule has 2 aliphatic heterocycles. The molecule has 32 heavy (non-hydrogen) atoms. The van der Waals surface area contributed by atoms with E-state index in [2.05, 4.69) is 10.3 Å². The monoisotopic (exact) mass is 456 g/mol. The Morgan fingerprint density at radius 2 is 1.97 bits per heavy atom. The predicted octanol–water partition coefficient (Wildman–Crippen LogP) is 2.73. The van der Waals surface area contributed by atoms with Gasteiger partial charge >= 0.3 is 0 Å². The van der Waals surface area contributed by atoms with Gasteiger partial charge in [0.05, 0.1) is 10.8 Å². The predicted molar refractivity (Wildman–Crippen MR) is 122 cm³/mol. The summed E-state index contributed by atoms with van der Waals surface area (Å²) in [5.41, 5.74) is 2.42. The third-order valence-corrected chi connectivity index (χ3v) is 8.00. The molecule has 0 radical (unpaired) electrons. The zero-order chi connectivity index (χ0) is 23.0. The first-order valence-corrected chi connectivity index (χ1v) is 12.3. The van der Waals surface area contributed by atoms with Gasteiger partial charge in [-0.2, -0.15) is 4.31 Å². The number of nitrogens with one attached hydrogen (secondary N) is 1. The van der Waals surface area contributed by atoms with E-state index in [0.717, 1.165) is 16.9 Å². The maximum Gasteiger partial charge on any atom is 0.243 e. The standard InChI is InChI=1S/C23H28N4O4S/c1-15-6-4-8-22(24-15)25-23(29)18-7-5-11-26(14-18)32(30,31)20-9-10-21-19(13-20)12-16(2)27(21)17(3)28/h4,6,8-10,13,16,18H,5,7,11-12,14H2,1-3H3,(H,24,25,29)/t16-,18-/m1/s1. The zero-order valence-corrected chi connectivity index (χ0v) is 19.4. The molecule has 0 aliphatic carbocycles. The molecule has 1 N–H and O–H groups in total. The topological polar surface area (TPSA) is 99.7 Å². The number of nitrogens with zero attached hydrogens (tertiary/aromatic N) is 3. The summed E-state index contributed by atoms with van der Waals surface area (Å²) in [6.45, 7) is 5.82. The van der Waals surface area contributed by atoms with Gasteiger partial charge in [0.1, 0.15) is 5.82 Å². The number of sulfonamides is 1. The van der Waals surface area contributed by atoms with Gasteiger partial charge in [-0.05, 0) is 69.0 Å². The number of piperidine rings is 1. The Hall–Kier alpha value is -2.78. The molecule has 9 heteroatoms. The second-order valence-electron chi connectivity index (χ2n) is 8.59. The summed E-state index contributed by atoms with van der Waals surface area (Å²) in [6.07, 6.45) is 1.85.